The van der Waals surface area contributed by atoms with Gasteiger partial charge in [0, 0.05) is 10.3 Å². The molecular weight excluding hydrogens is 278 g/mol. The summed E-state index contributed by atoms with van der Waals surface area (Å²) in [6.07, 6.45) is 0.944. The van der Waals surface area contributed by atoms with E-state index in [4.69, 9.17) is 0 Å². The number of nitrogens with zero attached hydrogens (tertiary/aromatic N) is 2. The minimum atomic E-state index is 0.186. The number of para-hydroxylation sites is 1. The number of hydrogen-bond donors (Lipinski definition) is 1. The van der Waals surface area contributed by atoms with Crippen LogP contribution in [-0.4, -0.2) is 4.98 Å². The van der Waals surface area contributed by atoms with Crippen LogP contribution in [0.1, 0.15) is 29.8 Å². The SMILES string of the molecule is CCC(Nc1nc2ccccc2cc1C#N)c1cccs1. The number of aromatic nitrogens is 1. The summed E-state index contributed by atoms with van der Waals surface area (Å²) in [5.74, 6) is 0.663. The lowest BCUT2D eigenvalue weighted by Crippen LogP contribution is -2.10. The molecule has 1 N–H and O–H groups in total. The Kier molecular flexibility index (Phi) is 3.85. The number of thiophene rings is 1. The van der Waals surface area contributed by atoms with Crippen LogP contribution in [-0.2, 0) is 0 Å². The van der Waals surface area contributed by atoms with Crippen molar-refractivity contribution in [2.45, 2.75) is 19.4 Å². The molecule has 1 aromatic carbocycles. The highest BCUT2D eigenvalue weighted by Gasteiger charge is 2.14. The molecule has 0 radical (unpaired) electrons. The molecule has 0 spiro atoms. The number of hydrogen-bond acceptors (Lipinski definition) is 4. The third-order valence-electron chi connectivity index (χ3n) is 3.45. The van der Waals surface area contributed by atoms with E-state index in [0.29, 0.717) is 11.4 Å². The van der Waals surface area contributed by atoms with Gasteiger partial charge in [0.25, 0.3) is 0 Å². The summed E-state index contributed by atoms with van der Waals surface area (Å²) in [6, 6.07) is 16.3. The van der Waals surface area contributed by atoms with E-state index < -0.39 is 0 Å². The highest BCUT2D eigenvalue weighted by Crippen LogP contribution is 2.28. The number of rotatable bonds is 4. The first-order chi connectivity index (χ1) is 10.3. The summed E-state index contributed by atoms with van der Waals surface area (Å²) in [5.41, 5.74) is 1.49. The monoisotopic (exact) mass is 293 g/mol. The second-order valence-corrected chi connectivity index (χ2v) is 5.79. The van der Waals surface area contributed by atoms with Crippen molar-refractivity contribution < 1.29 is 0 Å². The maximum Gasteiger partial charge on any atom is 0.145 e. The highest BCUT2D eigenvalue weighted by atomic mass is 32.1. The van der Waals surface area contributed by atoms with Gasteiger partial charge in [-0.15, -0.1) is 11.3 Å². The van der Waals surface area contributed by atoms with Crippen molar-refractivity contribution in [1.82, 2.24) is 4.98 Å². The maximum absolute atomic E-state index is 9.37. The van der Waals surface area contributed by atoms with E-state index in [0.717, 1.165) is 17.3 Å². The number of fused-ring (bicyclic) bond motifs is 1. The van der Waals surface area contributed by atoms with Crippen LogP contribution in [0.4, 0.5) is 5.82 Å². The number of nitrogens with one attached hydrogen (secondary N) is 1. The average Bonchev–Trinajstić information content (AvgIpc) is 3.06. The normalized spacial score (nSPS) is 12.0. The number of anilines is 1. The Morgan fingerprint density at radius 2 is 2.14 bits per heavy atom. The van der Waals surface area contributed by atoms with Crippen molar-refractivity contribution in [1.29, 1.82) is 5.26 Å². The molecule has 0 bridgehead atoms. The molecule has 0 saturated heterocycles. The van der Waals surface area contributed by atoms with Crippen LogP contribution in [0.5, 0.6) is 0 Å². The second kappa shape index (κ2) is 5.94. The summed E-state index contributed by atoms with van der Waals surface area (Å²) >= 11 is 1.72. The van der Waals surface area contributed by atoms with Crippen LogP contribution in [0.2, 0.25) is 0 Å². The van der Waals surface area contributed by atoms with E-state index in [1.165, 1.54) is 4.88 Å². The van der Waals surface area contributed by atoms with E-state index >= 15 is 0 Å². The Morgan fingerprint density at radius 3 is 2.86 bits per heavy atom. The van der Waals surface area contributed by atoms with Crippen LogP contribution in [0, 0.1) is 11.3 Å². The predicted octanol–water partition coefficient (Wildman–Crippen LogP) is 4.73. The van der Waals surface area contributed by atoms with Gasteiger partial charge in [-0.2, -0.15) is 5.26 Å². The lowest BCUT2D eigenvalue weighted by molar-refractivity contribution is 0.759. The molecule has 3 aromatic rings. The Bertz CT molecular complexity index is 787. The average molecular weight is 293 g/mol. The number of benzene rings is 1. The minimum Gasteiger partial charge on any atom is -0.361 e. The molecule has 3 nitrogen and oxygen atoms in total. The van der Waals surface area contributed by atoms with Crippen molar-refractivity contribution in [3.05, 3.63) is 58.3 Å². The summed E-state index contributed by atoms with van der Waals surface area (Å²) in [7, 11) is 0. The van der Waals surface area contributed by atoms with E-state index in [-0.39, 0.29) is 6.04 Å². The van der Waals surface area contributed by atoms with Gasteiger partial charge in [-0.3, -0.25) is 0 Å². The zero-order chi connectivity index (χ0) is 14.7. The van der Waals surface area contributed by atoms with Gasteiger partial charge < -0.3 is 5.32 Å². The molecule has 2 aromatic heterocycles. The van der Waals surface area contributed by atoms with Crippen LogP contribution < -0.4 is 5.32 Å². The molecule has 0 saturated carbocycles. The molecule has 104 valence electrons. The lowest BCUT2D eigenvalue weighted by atomic mass is 10.1. The molecule has 0 aliphatic rings. The largest absolute Gasteiger partial charge is 0.361 e. The smallest absolute Gasteiger partial charge is 0.145 e. The molecule has 0 fully saturated rings. The fourth-order valence-electron chi connectivity index (χ4n) is 2.34. The Hall–Kier alpha value is -2.38. The summed E-state index contributed by atoms with van der Waals surface area (Å²) < 4.78 is 0. The molecule has 3 rings (SSSR count). The van der Waals surface area contributed by atoms with Crippen molar-refractivity contribution >= 4 is 28.1 Å². The van der Waals surface area contributed by atoms with Gasteiger partial charge in [-0.1, -0.05) is 31.2 Å². The first kappa shape index (κ1) is 13.6. The van der Waals surface area contributed by atoms with Crippen molar-refractivity contribution in [2.75, 3.05) is 5.32 Å². The molecule has 1 atom stereocenters. The summed E-state index contributed by atoms with van der Waals surface area (Å²) in [5, 5.41) is 15.8. The Morgan fingerprint density at radius 1 is 1.29 bits per heavy atom. The molecule has 21 heavy (non-hydrogen) atoms. The zero-order valence-corrected chi connectivity index (χ0v) is 12.5. The second-order valence-electron chi connectivity index (χ2n) is 4.81. The topological polar surface area (TPSA) is 48.7 Å². The van der Waals surface area contributed by atoms with Crippen molar-refractivity contribution in [2.24, 2.45) is 0 Å². The van der Waals surface area contributed by atoms with Gasteiger partial charge in [-0.25, -0.2) is 4.98 Å². The van der Waals surface area contributed by atoms with E-state index in [2.05, 4.69) is 34.7 Å². The molecule has 2 heterocycles. The van der Waals surface area contributed by atoms with Crippen molar-refractivity contribution in [3.63, 3.8) is 0 Å². The van der Waals surface area contributed by atoms with E-state index in [1.54, 1.807) is 11.3 Å². The summed E-state index contributed by atoms with van der Waals surface area (Å²) in [4.78, 5) is 5.88. The molecule has 0 amide bonds. The van der Waals surface area contributed by atoms with E-state index in [9.17, 15) is 5.26 Å². The summed E-state index contributed by atoms with van der Waals surface area (Å²) in [6.45, 7) is 2.13. The highest BCUT2D eigenvalue weighted by molar-refractivity contribution is 7.10. The zero-order valence-electron chi connectivity index (χ0n) is 11.7. The minimum absolute atomic E-state index is 0.186. The maximum atomic E-state index is 9.37. The quantitative estimate of drug-likeness (QED) is 0.756. The molecular formula is C17H15N3S. The van der Waals surface area contributed by atoms with Crippen LogP contribution in [0.3, 0.4) is 0 Å². The molecule has 1 unspecified atom stereocenters. The fraction of sp³-hybridized carbons (Fsp3) is 0.176. The first-order valence-corrected chi connectivity index (χ1v) is 7.79. The Labute approximate surface area is 127 Å². The molecule has 0 aliphatic carbocycles. The van der Waals surface area contributed by atoms with Crippen LogP contribution in [0.25, 0.3) is 10.9 Å². The van der Waals surface area contributed by atoms with Gasteiger partial charge in [0.05, 0.1) is 17.1 Å². The van der Waals surface area contributed by atoms with Crippen LogP contribution in [0.15, 0.2) is 47.8 Å². The fourth-order valence-corrected chi connectivity index (χ4v) is 3.20. The first-order valence-electron chi connectivity index (χ1n) is 6.91. The standard InChI is InChI=1S/C17H15N3S/c1-2-14(16-8-5-9-21-16)19-17-13(11-18)10-12-6-3-4-7-15(12)20-17/h3-10,14H,2H2,1H3,(H,19,20). The van der Waals surface area contributed by atoms with Gasteiger partial charge in [0.1, 0.15) is 11.9 Å². The third-order valence-corrected chi connectivity index (χ3v) is 4.44. The van der Waals surface area contributed by atoms with Gasteiger partial charge in [-0.05, 0) is 30.0 Å². The Balaban J connectivity index is 2.01. The van der Waals surface area contributed by atoms with Crippen LogP contribution >= 0.6 is 11.3 Å². The lowest BCUT2D eigenvalue weighted by Gasteiger charge is -2.17. The van der Waals surface area contributed by atoms with Gasteiger partial charge >= 0.3 is 0 Å². The third kappa shape index (κ3) is 2.74. The number of pyridine rings is 1. The number of nitriles is 1. The van der Waals surface area contributed by atoms with Gasteiger partial charge in [0.15, 0.2) is 0 Å². The molecule has 4 heteroatoms. The predicted molar refractivity (Wildman–Crippen MR) is 87.4 cm³/mol. The van der Waals surface area contributed by atoms with Crippen molar-refractivity contribution in [3.8, 4) is 6.07 Å². The van der Waals surface area contributed by atoms with E-state index in [1.807, 2.05) is 36.4 Å². The molecule has 0 aliphatic heterocycles. The van der Waals surface area contributed by atoms with Gasteiger partial charge in [0.2, 0.25) is 0 Å².